The van der Waals surface area contributed by atoms with Crippen LogP contribution in [0.5, 0.6) is 0 Å². The number of anilines is 2. The van der Waals surface area contributed by atoms with E-state index in [1.54, 1.807) is 9.80 Å². The maximum Gasteiger partial charge on any atom is 0.495 e. The van der Waals surface area contributed by atoms with Crippen LogP contribution in [0.25, 0.3) is 0 Å². The van der Waals surface area contributed by atoms with Gasteiger partial charge in [-0.1, -0.05) is 0 Å². The molecule has 0 spiro atoms. The first-order chi connectivity index (χ1) is 28.2. The molecule has 2 amide bonds. The SMILES string of the molecule is C[C@@H]1CN(C(=O)OC(C)(C)C)C[C@H](C)N1c1cc(F)cc(B2OC(C)(C)C(C)(C)O2)c1.C[C@@H]1CN(C(=O)OC(C)(C)C)C[C@H](C)N1c1cc(F)cc(B2OC(C)(C)C(C)(C)O2)c1. The fourth-order valence-electron chi connectivity index (χ4n) is 8.34. The number of carbonyl (C=O) groups is 2. The molecule has 0 saturated carbocycles. The van der Waals surface area contributed by atoms with Crippen molar-refractivity contribution in [1.29, 1.82) is 0 Å². The van der Waals surface area contributed by atoms with Crippen molar-refractivity contribution in [1.82, 2.24) is 9.80 Å². The lowest BCUT2D eigenvalue weighted by atomic mass is 9.78. The zero-order valence-electron chi connectivity index (χ0n) is 40.6. The molecule has 4 aliphatic heterocycles. The molecule has 0 aliphatic carbocycles. The molecular formula is C46H72B2F2N4O8. The van der Waals surface area contributed by atoms with E-state index in [4.69, 9.17) is 28.1 Å². The number of hydrogen-bond donors (Lipinski definition) is 0. The first kappa shape index (κ1) is 49.4. The Bertz CT molecular complexity index is 1760. The third kappa shape index (κ3) is 11.2. The molecule has 0 bridgehead atoms. The van der Waals surface area contributed by atoms with Crippen molar-refractivity contribution in [3.63, 3.8) is 0 Å². The molecule has 4 heterocycles. The summed E-state index contributed by atoms with van der Waals surface area (Å²) in [5, 5.41) is 0. The molecule has 0 unspecified atom stereocenters. The van der Waals surface area contributed by atoms with Gasteiger partial charge in [-0.05, 0) is 172 Å². The van der Waals surface area contributed by atoms with Gasteiger partial charge in [0, 0.05) is 61.7 Å². The minimum atomic E-state index is -0.631. The monoisotopic (exact) mass is 869 g/mol. The second-order valence-electron chi connectivity index (χ2n) is 21.6. The summed E-state index contributed by atoms with van der Waals surface area (Å²) in [6.45, 7) is 37.1. The summed E-state index contributed by atoms with van der Waals surface area (Å²) in [4.78, 5) is 32.8. The van der Waals surface area contributed by atoms with Crippen LogP contribution in [0.15, 0.2) is 36.4 Å². The fourth-order valence-corrected chi connectivity index (χ4v) is 8.34. The van der Waals surface area contributed by atoms with Crippen molar-refractivity contribution >= 4 is 48.7 Å². The second kappa shape index (κ2) is 17.4. The molecule has 12 nitrogen and oxygen atoms in total. The standard InChI is InChI=1S/2C23H36BFN2O4/c2*1-15-13-26(20(28)29-21(3,4)5)14-16(2)27(15)19-11-17(10-18(25)12-19)24-30-22(6,7)23(8,9)31-24/h2*10-12,15-16H,13-14H2,1-9H3/t2*15-,16+. The maximum absolute atomic E-state index is 14.6. The molecule has 4 fully saturated rings. The van der Waals surface area contributed by atoms with E-state index in [1.807, 2.05) is 137 Å². The fraction of sp³-hybridized carbons (Fsp3) is 0.696. The highest BCUT2D eigenvalue weighted by atomic mass is 19.1. The molecule has 0 aromatic heterocycles. The van der Waals surface area contributed by atoms with Crippen LogP contribution in [-0.4, -0.2) is 120 Å². The molecule has 16 heteroatoms. The van der Waals surface area contributed by atoms with Gasteiger partial charge in [0.15, 0.2) is 0 Å². The number of halogens is 2. The third-order valence-corrected chi connectivity index (χ3v) is 12.6. The average molecular weight is 869 g/mol. The number of benzene rings is 2. The Morgan fingerprint density at radius 3 is 1.03 bits per heavy atom. The van der Waals surface area contributed by atoms with Crippen molar-refractivity contribution in [3.05, 3.63) is 48.0 Å². The Balaban J connectivity index is 0.000000234. The molecule has 344 valence electrons. The maximum atomic E-state index is 14.6. The average Bonchev–Trinajstić information content (AvgIpc) is 3.45. The van der Waals surface area contributed by atoms with E-state index in [2.05, 4.69) is 9.80 Å². The molecular weight excluding hydrogens is 796 g/mol. The highest BCUT2D eigenvalue weighted by Gasteiger charge is 2.53. The van der Waals surface area contributed by atoms with Gasteiger partial charge in [-0.2, -0.15) is 0 Å². The normalized spacial score (nSPS) is 25.7. The predicted molar refractivity (Wildman–Crippen MR) is 243 cm³/mol. The summed E-state index contributed by atoms with van der Waals surface area (Å²) in [6, 6.07) is 9.83. The summed E-state index contributed by atoms with van der Waals surface area (Å²) in [5.74, 6) is -0.674. The van der Waals surface area contributed by atoms with Crippen LogP contribution in [0.2, 0.25) is 0 Å². The lowest BCUT2D eigenvalue weighted by molar-refractivity contribution is 0.00578. The molecule has 4 atom stereocenters. The lowest BCUT2D eigenvalue weighted by Crippen LogP contribution is -2.59. The molecule has 4 aliphatic rings. The Labute approximate surface area is 370 Å². The van der Waals surface area contributed by atoms with Crippen LogP contribution in [0.4, 0.5) is 29.7 Å². The van der Waals surface area contributed by atoms with E-state index in [9.17, 15) is 18.4 Å². The quantitative estimate of drug-likeness (QED) is 0.282. The van der Waals surface area contributed by atoms with Crippen molar-refractivity contribution in [2.45, 2.75) is 182 Å². The minimum Gasteiger partial charge on any atom is -0.444 e. The van der Waals surface area contributed by atoms with Gasteiger partial charge in [-0.25, -0.2) is 18.4 Å². The summed E-state index contributed by atoms with van der Waals surface area (Å²) >= 11 is 0. The van der Waals surface area contributed by atoms with E-state index in [0.717, 1.165) is 11.4 Å². The molecule has 2 aromatic rings. The van der Waals surface area contributed by atoms with Crippen molar-refractivity contribution < 1.29 is 46.5 Å². The Kier molecular flexibility index (Phi) is 13.9. The van der Waals surface area contributed by atoms with E-state index in [-0.39, 0.29) is 48.0 Å². The van der Waals surface area contributed by atoms with Gasteiger partial charge in [0.05, 0.1) is 22.4 Å². The van der Waals surface area contributed by atoms with Gasteiger partial charge in [-0.3, -0.25) is 0 Å². The van der Waals surface area contributed by atoms with Crippen LogP contribution in [0.1, 0.15) is 125 Å². The van der Waals surface area contributed by atoms with E-state index in [0.29, 0.717) is 37.1 Å². The van der Waals surface area contributed by atoms with Crippen LogP contribution >= 0.6 is 0 Å². The van der Waals surface area contributed by atoms with Crippen molar-refractivity contribution in [3.8, 4) is 0 Å². The first-order valence-corrected chi connectivity index (χ1v) is 22.0. The van der Waals surface area contributed by atoms with Crippen LogP contribution in [0.3, 0.4) is 0 Å². The lowest BCUT2D eigenvalue weighted by Gasteiger charge is -2.46. The van der Waals surface area contributed by atoms with E-state index >= 15 is 0 Å². The molecule has 2 aromatic carbocycles. The number of ether oxygens (including phenoxy) is 2. The zero-order chi connectivity index (χ0) is 46.7. The largest absolute Gasteiger partial charge is 0.495 e. The smallest absolute Gasteiger partial charge is 0.444 e. The van der Waals surface area contributed by atoms with Gasteiger partial charge in [0.25, 0.3) is 0 Å². The summed E-state index contributed by atoms with van der Waals surface area (Å²) in [5.41, 5.74) is -0.240. The first-order valence-electron chi connectivity index (χ1n) is 22.0. The molecule has 62 heavy (non-hydrogen) atoms. The number of carbonyl (C=O) groups excluding carboxylic acids is 2. The molecule has 4 saturated heterocycles. The molecule has 0 N–H and O–H groups in total. The molecule has 6 rings (SSSR count). The van der Waals surface area contributed by atoms with Gasteiger partial charge in [0.1, 0.15) is 22.8 Å². The zero-order valence-corrected chi connectivity index (χ0v) is 40.6. The van der Waals surface area contributed by atoms with Crippen molar-refractivity contribution in [2.24, 2.45) is 0 Å². The van der Waals surface area contributed by atoms with Gasteiger partial charge in [0.2, 0.25) is 0 Å². The predicted octanol–water partition coefficient (Wildman–Crippen LogP) is 7.92. The Morgan fingerprint density at radius 1 is 0.532 bits per heavy atom. The topological polar surface area (TPSA) is 102 Å². The van der Waals surface area contributed by atoms with Gasteiger partial charge < -0.3 is 47.7 Å². The number of nitrogens with zero attached hydrogens (tertiary/aromatic N) is 4. The summed E-state index contributed by atoms with van der Waals surface area (Å²) in [7, 11) is -1.26. The molecule has 0 radical (unpaired) electrons. The third-order valence-electron chi connectivity index (χ3n) is 12.6. The van der Waals surface area contributed by atoms with E-state index < -0.39 is 47.8 Å². The highest BCUT2D eigenvalue weighted by molar-refractivity contribution is 6.62. The van der Waals surface area contributed by atoms with Gasteiger partial charge >= 0.3 is 26.4 Å². The van der Waals surface area contributed by atoms with Crippen molar-refractivity contribution in [2.75, 3.05) is 36.0 Å². The Hall–Kier alpha value is -3.59. The van der Waals surface area contributed by atoms with Crippen LogP contribution in [-0.2, 0) is 28.1 Å². The number of hydrogen-bond acceptors (Lipinski definition) is 10. The Morgan fingerprint density at radius 2 is 0.790 bits per heavy atom. The number of amides is 2. The van der Waals surface area contributed by atoms with Crippen LogP contribution < -0.4 is 20.7 Å². The van der Waals surface area contributed by atoms with E-state index in [1.165, 1.54) is 24.3 Å². The number of rotatable bonds is 4. The van der Waals surface area contributed by atoms with Crippen LogP contribution in [0, 0.1) is 11.6 Å². The summed E-state index contributed by atoms with van der Waals surface area (Å²) < 4.78 is 64.8. The minimum absolute atomic E-state index is 0.00999. The highest BCUT2D eigenvalue weighted by Crippen LogP contribution is 2.38. The number of piperazine rings is 2. The summed E-state index contributed by atoms with van der Waals surface area (Å²) in [6.07, 6.45) is -0.633. The second-order valence-corrected chi connectivity index (χ2v) is 21.6. The van der Waals surface area contributed by atoms with Gasteiger partial charge in [-0.15, -0.1) is 0 Å².